The van der Waals surface area contributed by atoms with Gasteiger partial charge in [0, 0.05) is 61.7 Å². The predicted molar refractivity (Wildman–Crippen MR) is 441 cm³/mol. The van der Waals surface area contributed by atoms with Gasteiger partial charge in [-0.15, -0.1) is 0 Å². The summed E-state index contributed by atoms with van der Waals surface area (Å²) in [6, 6.07) is 0. The predicted octanol–water partition coefficient (Wildman–Crippen LogP) is 10.8. The number of rotatable bonds is 28. The number of fused-ring (bicyclic) bond motifs is 4. The van der Waals surface area contributed by atoms with Crippen molar-refractivity contribution in [2.75, 3.05) is 0 Å². The van der Waals surface area contributed by atoms with Crippen LogP contribution in [0.4, 0.5) is 0 Å². The van der Waals surface area contributed by atoms with Crippen LogP contribution in [0.25, 0.3) is 0 Å². The van der Waals surface area contributed by atoms with Crippen LogP contribution < -0.4 is 34.7 Å². The maximum absolute atomic E-state index is 12.9. The molecular formula is C95H143NaO22. The molecule has 3 fully saturated rings. The average Bonchev–Trinajstić information content (AvgIpc) is 0.794. The SMILES string of the molecule is CCC(C)(C)C(=O)O[C@H]1C[C@@H](C)C=C2C=C[C@H](C)[C@H](CC[C@@H]3C[C@@H](O)CC(=O)O3)[C@H]21.CC[C@H](C)C(=O)O[C@H]1CCC=C2C=C[C@H](C)[C@H](CC[C@@H]3C[C@@H](O)CC(=O)O3)[C@H]21.CC[C@H](C)C(=O)O[C@H]1C[C@@H](C)C=C2C=C[C@H](C)[C@H](CC[C@@H]3C[C@@H](O)CC(=O)O3)[C@H]21.CC[C@H](C)C(=O)O[C@H]1C[C@@H](O)C=C2C=C[C@H](C)[C@H](CC[C@@H](O)C[C@@H](O)CC(=O)[O-])[C@H]21.[Na+]. The van der Waals surface area contributed by atoms with Gasteiger partial charge in [-0.05, 0) is 204 Å². The Hall–Kier alpha value is -5.56. The Bertz CT molecular complexity index is 3590. The summed E-state index contributed by atoms with van der Waals surface area (Å²) in [4.78, 5) is 95.9. The van der Waals surface area contributed by atoms with Crippen molar-refractivity contribution in [2.45, 2.75) is 344 Å². The van der Waals surface area contributed by atoms with Gasteiger partial charge in [-0.2, -0.15) is 0 Å². The van der Waals surface area contributed by atoms with Crippen molar-refractivity contribution in [2.24, 2.45) is 106 Å². The zero-order valence-corrected chi connectivity index (χ0v) is 75.6. The topological polar surface area (TPSA) is 346 Å². The zero-order valence-electron chi connectivity index (χ0n) is 73.6. The molecule has 656 valence electrons. The second-order valence-electron chi connectivity index (χ2n) is 37.2. The molecule has 11 aliphatic rings. The summed E-state index contributed by atoms with van der Waals surface area (Å²) in [5.41, 5.74) is 4.28. The fourth-order valence-electron chi connectivity index (χ4n) is 19.5. The summed E-state index contributed by atoms with van der Waals surface area (Å²) >= 11 is 0. The normalized spacial score (nSPS) is 35.1. The third-order valence-electron chi connectivity index (χ3n) is 27.4. The van der Waals surface area contributed by atoms with E-state index in [1.807, 2.05) is 74.5 Å². The number of carbonyl (C=O) groups is 8. The molecule has 0 amide bonds. The van der Waals surface area contributed by atoms with E-state index in [0.29, 0.717) is 92.3 Å². The fraction of sp³-hybridized carbons (Fsp3) is 0.747. The van der Waals surface area contributed by atoms with Crippen molar-refractivity contribution in [3.05, 3.63) is 95.2 Å². The monoisotopic (exact) mass is 1660 g/mol. The summed E-state index contributed by atoms with van der Waals surface area (Å²) in [5, 5.41) is 70.5. The smallest absolute Gasteiger partial charge is 0.550 e. The molecular weight excluding hydrogens is 1520 g/mol. The number of cyclic esters (lactones) is 3. The third-order valence-corrected chi connectivity index (χ3v) is 27.4. The molecule has 3 aliphatic heterocycles. The Kier molecular flexibility index (Phi) is 39.5. The van der Waals surface area contributed by atoms with Gasteiger partial charge in [-0.3, -0.25) is 33.6 Å². The van der Waals surface area contributed by atoms with E-state index < -0.39 is 60.5 Å². The molecule has 3 saturated heterocycles. The summed E-state index contributed by atoms with van der Waals surface area (Å²) in [6.45, 7) is 30.6. The number of aliphatic hydroxyl groups excluding tert-OH is 6. The first-order valence-electron chi connectivity index (χ1n) is 44.7. The van der Waals surface area contributed by atoms with E-state index in [1.54, 1.807) is 0 Å². The molecule has 8 aliphatic carbocycles. The summed E-state index contributed by atoms with van der Waals surface area (Å²) in [7, 11) is 0. The van der Waals surface area contributed by atoms with Gasteiger partial charge in [0.25, 0.3) is 0 Å². The number of ether oxygens (including phenoxy) is 7. The van der Waals surface area contributed by atoms with Gasteiger partial charge < -0.3 is 73.7 Å². The minimum absolute atomic E-state index is 0. The first-order chi connectivity index (χ1) is 55.4. The molecule has 0 saturated carbocycles. The molecule has 6 N–H and O–H groups in total. The molecule has 3 heterocycles. The van der Waals surface area contributed by atoms with Gasteiger partial charge in [-0.1, -0.05) is 163 Å². The quantitative estimate of drug-likeness (QED) is 0.0241. The van der Waals surface area contributed by atoms with Crippen LogP contribution in [0.3, 0.4) is 0 Å². The minimum Gasteiger partial charge on any atom is -0.550 e. The zero-order chi connectivity index (χ0) is 85.9. The molecule has 0 radical (unpaired) electrons. The molecule has 22 nitrogen and oxygen atoms in total. The van der Waals surface area contributed by atoms with E-state index >= 15 is 0 Å². The van der Waals surface area contributed by atoms with Gasteiger partial charge >= 0.3 is 71.3 Å². The van der Waals surface area contributed by atoms with Gasteiger partial charge in [0.05, 0.1) is 79.1 Å². The molecule has 30 atom stereocenters. The number of carboxylic acid groups (broad SMARTS) is 1. The van der Waals surface area contributed by atoms with Crippen molar-refractivity contribution in [1.29, 1.82) is 0 Å². The number of carboxylic acids is 1. The van der Waals surface area contributed by atoms with Gasteiger partial charge in [0.2, 0.25) is 0 Å². The minimum atomic E-state index is -1.35. The van der Waals surface area contributed by atoms with Gasteiger partial charge in [0.1, 0.15) is 42.7 Å². The standard InChI is InChI=1S/C25H38O5.C24H36O5.C23H36O7.C23H34O5.Na/c1-6-25(4,5)24(28)30-21-12-15(2)11-17-8-7-16(3)20(23(17)21)10-9-19-13-18(26)14-22(27)29-19;1-5-15(3)24(27)29-21-11-14(2)10-17-7-6-16(4)20(23(17)21)9-8-19-12-18(25)13-22(26)28-19;1-4-13(2)23(29)30-20-11-17(25)9-15-6-5-14(3)19(22(15)20)8-7-16(24)10-18(26)12-21(27)28;1-4-14(2)23(26)28-20-7-5-6-16-9-8-15(3)19(22(16)20)11-10-18-12-17(24)13-21(25)27-18;/h7-8,11,15-16,18-21,23,26H,6,9-10,12-14H2,1-5H3;6-7,10,14-16,18-21,23,25H,5,8-9,11-13H2,1-4H3;5-6,9,13-14,16-20,22,24-26H,4,7-8,10-12H2,1-3H3,(H,27,28);6,8-9,14-15,17-20,22,24H,4-5,7,10-13H2,1-3H3;/q;;;;+1/p-1/t15-,16-,18+,19+,20-,21-,23-;14-,15-,16-,18+,19+,20-,21-,23-;13-,14-,16+,17-,18+,19-,20-,22-;14-,15-,17+,18+,19-,20-,22-;/m0000./s1. The van der Waals surface area contributed by atoms with Crippen molar-refractivity contribution >= 4 is 47.8 Å². The van der Waals surface area contributed by atoms with E-state index in [2.05, 4.69) is 102 Å². The van der Waals surface area contributed by atoms with Crippen molar-refractivity contribution in [3.8, 4) is 0 Å². The maximum atomic E-state index is 12.9. The van der Waals surface area contributed by atoms with Crippen molar-refractivity contribution < 1.29 is 137 Å². The molecule has 11 rings (SSSR count). The molecule has 0 bridgehead atoms. The van der Waals surface area contributed by atoms with Crippen LogP contribution in [-0.2, 0) is 71.5 Å². The number of allylic oxidation sites excluding steroid dienone is 11. The third kappa shape index (κ3) is 28.5. The Morgan fingerprint density at radius 1 is 0.475 bits per heavy atom. The number of hydrogen-bond acceptors (Lipinski definition) is 22. The number of carbonyl (C=O) groups excluding carboxylic acids is 8. The van der Waals surface area contributed by atoms with Gasteiger partial charge in [0.15, 0.2) is 0 Å². The van der Waals surface area contributed by atoms with Crippen LogP contribution >= 0.6 is 0 Å². The second-order valence-corrected chi connectivity index (χ2v) is 37.2. The van der Waals surface area contributed by atoms with Crippen LogP contribution in [0.2, 0.25) is 0 Å². The Balaban J connectivity index is 0.000000217. The maximum Gasteiger partial charge on any atom is 1.00 e. The fourth-order valence-corrected chi connectivity index (χ4v) is 19.5. The van der Waals surface area contributed by atoms with E-state index in [9.17, 15) is 74.1 Å². The molecule has 118 heavy (non-hydrogen) atoms. The number of aliphatic hydroxyl groups is 6. The van der Waals surface area contributed by atoms with Crippen LogP contribution in [0.15, 0.2) is 95.2 Å². The second kappa shape index (κ2) is 46.8. The van der Waals surface area contributed by atoms with E-state index in [0.717, 1.165) is 89.0 Å². The summed E-state index contributed by atoms with van der Waals surface area (Å²) in [5.74, 6) is 0.353. The molecule has 23 heteroatoms. The van der Waals surface area contributed by atoms with E-state index in [4.69, 9.17) is 33.2 Å². The van der Waals surface area contributed by atoms with Crippen molar-refractivity contribution in [3.63, 3.8) is 0 Å². The van der Waals surface area contributed by atoms with Crippen LogP contribution in [0.1, 0.15) is 264 Å². The van der Waals surface area contributed by atoms with E-state index in [-0.39, 0.29) is 187 Å². The van der Waals surface area contributed by atoms with Crippen LogP contribution in [0.5, 0.6) is 0 Å². The number of esters is 7. The molecule has 0 aromatic carbocycles. The Morgan fingerprint density at radius 2 is 0.822 bits per heavy atom. The Labute approximate surface area is 725 Å². The van der Waals surface area contributed by atoms with Gasteiger partial charge in [-0.25, -0.2) is 0 Å². The Morgan fingerprint density at radius 3 is 1.19 bits per heavy atom. The average molecular weight is 1660 g/mol. The number of aliphatic carboxylic acids is 1. The van der Waals surface area contributed by atoms with Crippen molar-refractivity contribution in [1.82, 2.24) is 0 Å². The molecule has 0 aromatic rings. The molecule has 0 unspecified atom stereocenters. The summed E-state index contributed by atoms with van der Waals surface area (Å²) in [6.07, 6.45) is 34.3. The van der Waals surface area contributed by atoms with Crippen LogP contribution in [0, 0.1) is 106 Å². The molecule has 0 aromatic heterocycles. The largest absolute Gasteiger partial charge is 1.00 e. The van der Waals surface area contributed by atoms with Crippen LogP contribution in [-0.4, -0.2) is 158 Å². The number of hydrogen-bond donors (Lipinski definition) is 6. The molecule has 0 spiro atoms. The first kappa shape index (κ1) is 99.5. The summed E-state index contributed by atoms with van der Waals surface area (Å²) < 4.78 is 40.4. The first-order valence-corrected chi connectivity index (χ1v) is 44.7. The van der Waals surface area contributed by atoms with E-state index in [1.165, 1.54) is 16.7 Å².